The quantitative estimate of drug-likeness (QED) is 0.446. The number of aryl methyl sites for hydroxylation is 2. The number of rotatable bonds is 11. The molecule has 35 heavy (non-hydrogen) atoms. The van der Waals surface area contributed by atoms with Crippen LogP contribution >= 0.6 is 23.2 Å². The van der Waals surface area contributed by atoms with Crippen LogP contribution in [0.15, 0.2) is 36.4 Å². The van der Waals surface area contributed by atoms with Gasteiger partial charge in [-0.15, -0.1) is 0 Å². The Balaban J connectivity index is 2.26. The Morgan fingerprint density at radius 2 is 1.69 bits per heavy atom. The Morgan fingerprint density at radius 1 is 1.06 bits per heavy atom. The van der Waals surface area contributed by atoms with E-state index in [4.69, 9.17) is 23.2 Å². The standard InChI is InChI=1S/C25H33Cl2N3O4S/c1-6-23(25(32)28-4)29(16-20-21(26)9-7-10-22(20)27)24(31)11-8-14-30(35(5,33)34)19-13-12-17(2)18(3)15-19/h7,9-10,12-13,15,23H,6,8,11,14,16H2,1-5H3,(H,28,32)/t23-/m0/s1. The maximum atomic E-state index is 13.3. The summed E-state index contributed by atoms with van der Waals surface area (Å²) in [6.07, 6.45) is 1.86. The summed E-state index contributed by atoms with van der Waals surface area (Å²) < 4.78 is 26.3. The van der Waals surface area contributed by atoms with Crippen LogP contribution < -0.4 is 9.62 Å². The number of hydrogen-bond acceptors (Lipinski definition) is 4. The van der Waals surface area contributed by atoms with Crippen molar-refractivity contribution in [1.29, 1.82) is 0 Å². The van der Waals surface area contributed by atoms with E-state index >= 15 is 0 Å². The molecular formula is C25H33Cl2N3O4S. The van der Waals surface area contributed by atoms with Crippen LogP contribution in [0.1, 0.15) is 42.9 Å². The number of carbonyl (C=O) groups excluding carboxylic acids is 2. The van der Waals surface area contributed by atoms with Crippen molar-refractivity contribution < 1.29 is 18.0 Å². The normalized spacial score (nSPS) is 12.2. The number of likely N-dealkylation sites (N-methyl/N-ethyl adjacent to an activating group) is 1. The van der Waals surface area contributed by atoms with Crippen molar-refractivity contribution in [2.24, 2.45) is 0 Å². The molecule has 0 aliphatic heterocycles. The Labute approximate surface area is 218 Å². The van der Waals surface area contributed by atoms with Crippen LogP contribution in [0.25, 0.3) is 0 Å². The van der Waals surface area contributed by atoms with Crippen molar-refractivity contribution in [1.82, 2.24) is 10.2 Å². The minimum atomic E-state index is -3.55. The van der Waals surface area contributed by atoms with E-state index in [1.165, 1.54) is 16.3 Å². The Hall–Kier alpha value is -2.29. The van der Waals surface area contributed by atoms with E-state index in [0.717, 1.165) is 17.4 Å². The lowest BCUT2D eigenvalue weighted by Crippen LogP contribution is -2.48. The molecule has 0 saturated heterocycles. The fourth-order valence-corrected chi connectivity index (χ4v) is 5.30. The lowest BCUT2D eigenvalue weighted by Gasteiger charge is -2.31. The van der Waals surface area contributed by atoms with Crippen LogP contribution in [0.2, 0.25) is 10.0 Å². The van der Waals surface area contributed by atoms with Crippen LogP contribution in [-0.2, 0) is 26.2 Å². The summed E-state index contributed by atoms with van der Waals surface area (Å²) in [6, 6.07) is 9.81. The highest BCUT2D eigenvalue weighted by Gasteiger charge is 2.29. The average Bonchev–Trinajstić information content (AvgIpc) is 2.79. The first kappa shape index (κ1) is 28.9. The molecule has 2 rings (SSSR count). The zero-order valence-corrected chi connectivity index (χ0v) is 23.1. The largest absolute Gasteiger partial charge is 0.357 e. The van der Waals surface area contributed by atoms with Crippen LogP contribution in [0.4, 0.5) is 5.69 Å². The van der Waals surface area contributed by atoms with Crippen molar-refractivity contribution in [3.8, 4) is 0 Å². The molecule has 0 fully saturated rings. The molecule has 0 bridgehead atoms. The van der Waals surface area contributed by atoms with Crippen LogP contribution in [0, 0.1) is 13.8 Å². The molecule has 0 saturated carbocycles. The van der Waals surface area contributed by atoms with Gasteiger partial charge >= 0.3 is 0 Å². The predicted octanol–water partition coefficient (Wildman–Crippen LogP) is 4.71. The third-order valence-corrected chi connectivity index (χ3v) is 7.86. The lowest BCUT2D eigenvalue weighted by molar-refractivity contribution is -0.141. The molecule has 192 valence electrons. The van der Waals surface area contributed by atoms with Gasteiger partial charge in [0.25, 0.3) is 0 Å². The third-order valence-electron chi connectivity index (χ3n) is 5.95. The van der Waals surface area contributed by atoms with E-state index in [1.807, 2.05) is 32.9 Å². The number of halogens is 2. The molecule has 7 nitrogen and oxygen atoms in total. The second kappa shape index (κ2) is 12.6. The third kappa shape index (κ3) is 7.59. The predicted molar refractivity (Wildman–Crippen MR) is 142 cm³/mol. The maximum Gasteiger partial charge on any atom is 0.242 e. The van der Waals surface area contributed by atoms with Crippen LogP contribution in [-0.4, -0.2) is 51.0 Å². The summed E-state index contributed by atoms with van der Waals surface area (Å²) in [4.78, 5) is 27.4. The zero-order valence-electron chi connectivity index (χ0n) is 20.8. The highest BCUT2D eigenvalue weighted by molar-refractivity contribution is 7.92. The van der Waals surface area contributed by atoms with Gasteiger partial charge in [0.15, 0.2) is 0 Å². The van der Waals surface area contributed by atoms with E-state index in [0.29, 0.717) is 27.7 Å². The fourth-order valence-electron chi connectivity index (χ4n) is 3.82. The Morgan fingerprint density at radius 3 is 2.20 bits per heavy atom. The van der Waals surface area contributed by atoms with Crippen molar-refractivity contribution in [2.45, 2.75) is 52.6 Å². The van der Waals surface area contributed by atoms with Gasteiger partial charge in [-0.1, -0.05) is 42.3 Å². The molecule has 1 atom stereocenters. The van der Waals surface area contributed by atoms with E-state index < -0.39 is 16.1 Å². The van der Waals surface area contributed by atoms with Gasteiger partial charge in [-0.3, -0.25) is 13.9 Å². The summed E-state index contributed by atoms with van der Waals surface area (Å²) in [7, 11) is -2.04. The van der Waals surface area contributed by atoms with Gasteiger partial charge in [-0.25, -0.2) is 8.42 Å². The van der Waals surface area contributed by atoms with E-state index in [9.17, 15) is 18.0 Å². The van der Waals surface area contributed by atoms with Crippen molar-refractivity contribution >= 4 is 50.7 Å². The summed E-state index contributed by atoms with van der Waals surface area (Å²) in [5.41, 5.74) is 3.15. The van der Waals surface area contributed by atoms with Crippen LogP contribution in [0.5, 0.6) is 0 Å². The first-order valence-corrected chi connectivity index (χ1v) is 14.0. The second-order valence-electron chi connectivity index (χ2n) is 8.47. The molecule has 2 aromatic rings. The van der Waals surface area contributed by atoms with Gasteiger partial charge in [0.1, 0.15) is 6.04 Å². The molecule has 10 heteroatoms. The van der Waals surface area contributed by atoms with Gasteiger partial charge in [0.05, 0.1) is 11.9 Å². The molecule has 0 aliphatic rings. The lowest BCUT2D eigenvalue weighted by atomic mass is 10.1. The number of sulfonamides is 1. The van der Waals surface area contributed by atoms with Gasteiger partial charge in [-0.2, -0.15) is 0 Å². The van der Waals surface area contributed by atoms with E-state index in [2.05, 4.69) is 5.32 Å². The first-order valence-electron chi connectivity index (χ1n) is 11.4. The molecule has 2 amide bonds. The molecule has 2 aromatic carbocycles. The van der Waals surface area contributed by atoms with Crippen molar-refractivity contribution in [3.05, 3.63) is 63.1 Å². The maximum absolute atomic E-state index is 13.3. The van der Waals surface area contributed by atoms with E-state index in [-0.39, 0.29) is 37.7 Å². The summed E-state index contributed by atoms with van der Waals surface area (Å²) in [5, 5.41) is 3.41. The number of anilines is 1. The summed E-state index contributed by atoms with van der Waals surface area (Å²) in [5.74, 6) is -0.582. The molecule has 0 unspecified atom stereocenters. The topological polar surface area (TPSA) is 86.8 Å². The number of hydrogen-bond donors (Lipinski definition) is 1. The van der Waals surface area contributed by atoms with E-state index in [1.54, 1.807) is 24.3 Å². The number of nitrogens with one attached hydrogen (secondary N) is 1. The highest BCUT2D eigenvalue weighted by atomic mass is 35.5. The Kier molecular flexibility index (Phi) is 10.4. The molecule has 0 heterocycles. The van der Waals surface area contributed by atoms with Crippen LogP contribution in [0.3, 0.4) is 0 Å². The molecule has 0 spiro atoms. The van der Waals surface area contributed by atoms with Gasteiger partial charge in [-0.05, 0) is 62.1 Å². The summed E-state index contributed by atoms with van der Waals surface area (Å²) >= 11 is 12.7. The molecule has 0 aliphatic carbocycles. The number of amides is 2. The molecule has 1 N–H and O–H groups in total. The summed E-state index contributed by atoms with van der Waals surface area (Å²) in [6.45, 7) is 5.89. The van der Waals surface area contributed by atoms with Gasteiger partial charge < -0.3 is 10.2 Å². The smallest absolute Gasteiger partial charge is 0.242 e. The molecule has 0 aromatic heterocycles. The average molecular weight is 543 g/mol. The van der Waals surface area contributed by atoms with Crippen molar-refractivity contribution in [3.63, 3.8) is 0 Å². The first-order chi connectivity index (χ1) is 16.4. The monoisotopic (exact) mass is 541 g/mol. The second-order valence-corrected chi connectivity index (χ2v) is 11.2. The zero-order chi connectivity index (χ0) is 26.3. The number of benzene rings is 2. The minimum absolute atomic E-state index is 0.0480. The van der Waals surface area contributed by atoms with Gasteiger partial charge in [0, 0.05) is 42.2 Å². The molecule has 0 radical (unpaired) electrons. The Bertz CT molecular complexity index is 1150. The van der Waals surface area contributed by atoms with Crippen molar-refractivity contribution in [2.75, 3.05) is 24.2 Å². The number of nitrogens with zero attached hydrogens (tertiary/aromatic N) is 2. The molecular weight excluding hydrogens is 509 g/mol. The number of carbonyl (C=O) groups is 2. The highest BCUT2D eigenvalue weighted by Crippen LogP contribution is 2.28. The fraction of sp³-hybridized carbons (Fsp3) is 0.440. The minimum Gasteiger partial charge on any atom is -0.357 e. The van der Waals surface area contributed by atoms with Gasteiger partial charge in [0.2, 0.25) is 21.8 Å². The SMILES string of the molecule is CC[C@@H](C(=O)NC)N(Cc1c(Cl)cccc1Cl)C(=O)CCCN(c1ccc(C)c(C)c1)S(C)(=O)=O.